The zero-order valence-corrected chi connectivity index (χ0v) is 38.0. The number of aliphatic hydroxyl groups is 10. The zero-order chi connectivity index (χ0) is 45.6. The SMILES string of the molecule is CC1(C)C[C@H](O)[C@]23CO[C@@]4(CC[C@@H]5[C@@]6(C)CC[C@H](O[C@@H]7OC[C@H](O[C@@H]8O[C@H](CO)[C@@H](O)[C@H](O)[C@H]8O[C@@H]8OC[C@@H](O)[C@H](O)[C@H]8O)[C@H](O)[C@H]7O)C(C)(C)[C@@H]6CC[C@@]5(C)[C@]4(C)C[C@H]2O)[C@H]3C1. The van der Waals surface area contributed by atoms with Crippen molar-refractivity contribution in [3.63, 3.8) is 0 Å². The third kappa shape index (κ3) is 6.71. The van der Waals surface area contributed by atoms with Gasteiger partial charge in [0.2, 0.25) is 0 Å². The Balaban J connectivity index is 0.883. The Hall–Kier alpha value is -0.680. The molecule has 0 aromatic rings. The van der Waals surface area contributed by atoms with E-state index in [2.05, 4.69) is 48.5 Å². The summed E-state index contributed by atoms with van der Waals surface area (Å²) in [6, 6.07) is 0. The minimum atomic E-state index is -1.75. The van der Waals surface area contributed by atoms with E-state index in [1.54, 1.807) is 0 Å². The highest BCUT2D eigenvalue weighted by molar-refractivity contribution is 5.29. The largest absolute Gasteiger partial charge is 0.394 e. The number of hydrogen-bond donors (Lipinski definition) is 10. The van der Waals surface area contributed by atoms with E-state index < -0.39 is 116 Å². The second kappa shape index (κ2) is 15.9. The van der Waals surface area contributed by atoms with Crippen LogP contribution < -0.4 is 0 Å². The normalized spacial score (nSPS) is 58.5. The van der Waals surface area contributed by atoms with Gasteiger partial charge in [0, 0.05) is 11.3 Å². The monoisotopic (exact) mass is 901 g/mol. The summed E-state index contributed by atoms with van der Waals surface area (Å²) >= 11 is 0. The lowest BCUT2D eigenvalue weighted by molar-refractivity contribution is -0.378. The molecule has 9 aliphatic rings. The Bertz CT molecular complexity index is 1690. The molecule has 5 aliphatic carbocycles. The molecule has 0 radical (unpaired) electrons. The van der Waals surface area contributed by atoms with Gasteiger partial charge in [-0.2, -0.15) is 0 Å². The van der Waals surface area contributed by atoms with E-state index in [1.165, 1.54) is 0 Å². The lowest BCUT2D eigenvalue weighted by atomic mass is 9.30. The number of rotatable bonds is 7. The second-order valence-corrected chi connectivity index (χ2v) is 23.5. The fraction of sp³-hybridized carbons (Fsp3) is 1.00. The second-order valence-electron chi connectivity index (χ2n) is 23.5. The minimum Gasteiger partial charge on any atom is -0.394 e. The van der Waals surface area contributed by atoms with Crippen LogP contribution in [0.5, 0.6) is 0 Å². The molecule has 10 N–H and O–H groups in total. The summed E-state index contributed by atoms with van der Waals surface area (Å²) < 4.78 is 42.7. The van der Waals surface area contributed by atoms with Crippen molar-refractivity contribution >= 4 is 0 Å². The molecule has 24 atom stereocenters. The molecule has 362 valence electrons. The van der Waals surface area contributed by atoms with Crippen molar-refractivity contribution in [1.82, 2.24) is 0 Å². The van der Waals surface area contributed by atoms with Gasteiger partial charge in [0.25, 0.3) is 0 Å². The van der Waals surface area contributed by atoms with Gasteiger partial charge in [0.05, 0.1) is 55.8 Å². The molecule has 4 saturated heterocycles. The predicted molar refractivity (Wildman–Crippen MR) is 219 cm³/mol. The molecule has 63 heavy (non-hydrogen) atoms. The van der Waals surface area contributed by atoms with Crippen LogP contribution in [0.4, 0.5) is 0 Å². The Morgan fingerprint density at radius 1 is 0.587 bits per heavy atom. The van der Waals surface area contributed by atoms with Crippen molar-refractivity contribution in [2.75, 3.05) is 26.4 Å². The van der Waals surface area contributed by atoms with Crippen molar-refractivity contribution in [1.29, 1.82) is 0 Å². The van der Waals surface area contributed by atoms with Crippen molar-refractivity contribution in [3.8, 4) is 0 Å². The van der Waals surface area contributed by atoms with Crippen LogP contribution in [0, 0.1) is 50.2 Å². The fourth-order valence-electron chi connectivity index (χ4n) is 16.1. The summed E-state index contributed by atoms with van der Waals surface area (Å²) in [5, 5.41) is 109. The number of aliphatic hydroxyl groups excluding tert-OH is 10. The molecule has 2 bridgehead atoms. The first-order chi connectivity index (χ1) is 29.4. The van der Waals surface area contributed by atoms with Gasteiger partial charge in [-0.1, -0.05) is 48.5 Å². The molecular formula is C46H76O17. The van der Waals surface area contributed by atoms with Gasteiger partial charge in [-0.3, -0.25) is 0 Å². The molecule has 0 unspecified atom stereocenters. The molecule has 4 heterocycles. The highest BCUT2D eigenvalue weighted by Gasteiger charge is 2.81. The Morgan fingerprint density at radius 2 is 1.24 bits per heavy atom. The van der Waals surface area contributed by atoms with E-state index in [9.17, 15) is 51.1 Å². The number of fused-ring (bicyclic) bond motifs is 4. The van der Waals surface area contributed by atoms with Crippen LogP contribution in [0.15, 0.2) is 0 Å². The standard InChI is InChI=1S/C46H76O17/c1-40(2)14-26-45(27(49)15-40)20-59-46(26)13-9-25-42(5)11-10-29(41(3,4)24(42)8-12-43(25,6)44(46,7)16-28(45)50)62-37-35(56)32(53)23(19-58-37)61-39-36(33(54)31(52)22(17-47)60-39)63-38-34(55)30(51)21(48)18-57-38/h21-39,47-56H,8-20H2,1-7H3/t21-,22-,23+,24+,25-,26+,27+,28-,29+,30+,31-,32+,33+,34-,35-,36-,37+,38+,39+,42+,43-,44+,45-,46+/m1/s1. The number of hydrogen-bond acceptors (Lipinski definition) is 17. The Morgan fingerprint density at radius 3 is 1.95 bits per heavy atom. The molecule has 0 aromatic heterocycles. The van der Waals surface area contributed by atoms with Gasteiger partial charge in [-0.25, -0.2) is 0 Å². The van der Waals surface area contributed by atoms with E-state index in [4.69, 9.17) is 33.2 Å². The van der Waals surface area contributed by atoms with Crippen LogP contribution in [0.3, 0.4) is 0 Å². The Labute approximate surface area is 370 Å². The molecular weight excluding hydrogens is 824 g/mol. The molecule has 9 fully saturated rings. The van der Waals surface area contributed by atoms with E-state index >= 15 is 0 Å². The van der Waals surface area contributed by atoms with Gasteiger partial charge in [-0.15, -0.1) is 0 Å². The summed E-state index contributed by atoms with van der Waals surface area (Å²) in [6.07, 6.45) is -13.8. The first kappa shape index (κ1) is 47.4. The Kier molecular flexibility index (Phi) is 12.0. The third-order valence-corrected chi connectivity index (χ3v) is 19.7. The molecule has 17 heteroatoms. The first-order valence-electron chi connectivity index (χ1n) is 23.6. The quantitative estimate of drug-likeness (QED) is 0.152. The summed E-state index contributed by atoms with van der Waals surface area (Å²) in [6.45, 7) is 15.3. The van der Waals surface area contributed by atoms with E-state index in [0.717, 1.165) is 38.5 Å². The third-order valence-electron chi connectivity index (χ3n) is 19.7. The summed E-state index contributed by atoms with van der Waals surface area (Å²) in [7, 11) is 0. The highest BCUT2D eigenvalue weighted by Crippen LogP contribution is 2.80. The summed E-state index contributed by atoms with van der Waals surface area (Å²) in [5.74, 6) is 0.693. The summed E-state index contributed by atoms with van der Waals surface area (Å²) in [5.41, 5.74) is -1.94. The van der Waals surface area contributed by atoms with Crippen molar-refractivity contribution < 1.29 is 84.2 Å². The van der Waals surface area contributed by atoms with Crippen LogP contribution in [-0.2, 0) is 33.2 Å². The van der Waals surface area contributed by atoms with Crippen LogP contribution >= 0.6 is 0 Å². The van der Waals surface area contributed by atoms with E-state index in [-0.39, 0.29) is 51.6 Å². The van der Waals surface area contributed by atoms with E-state index in [1.807, 2.05) is 0 Å². The molecule has 5 saturated carbocycles. The molecule has 1 spiro atoms. The maximum atomic E-state index is 12.2. The van der Waals surface area contributed by atoms with Crippen LogP contribution in [-0.4, -0.2) is 181 Å². The van der Waals surface area contributed by atoms with E-state index in [0.29, 0.717) is 31.8 Å². The first-order valence-corrected chi connectivity index (χ1v) is 23.6. The lowest BCUT2D eigenvalue weighted by Gasteiger charge is -2.75. The highest BCUT2D eigenvalue weighted by atomic mass is 16.8. The molecule has 0 aromatic carbocycles. The lowest BCUT2D eigenvalue weighted by Crippen LogP contribution is -2.75. The van der Waals surface area contributed by atoms with Crippen molar-refractivity contribution in [2.45, 2.75) is 210 Å². The minimum absolute atomic E-state index is 0.0522. The van der Waals surface area contributed by atoms with Crippen LogP contribution in [0.25, 0.3) is 0 Å². The molecule has 17 nitrogen and oxygen atoms in total. The fourth-order valence-corrected chi connectivity index (χ4v) is 16.1. The van der Waals surface area contributed by atoms with Gasteiger partial charge in [-0.05, 0) is 91.3 Å². The predicted octanol–water partition coefficient (Wildman–Crippen LogP) is 0.0741. The smallest absolute Gasteiger partial charge is 0.187 e. The summed E-state index contributed by atoms with van der Waals surface area (Å²) in [4.78, 5) is 0. The number of ether oxygens (including phenoxy) is 7. The zero-order valence-electron chi connectivity index (χ0n) is 38.0. The molecule has 9 rings (SSSR count). The molecule has 0 amide bonds. The van der Waals surface area contributed by atoms with Gasteiger partial charge in [0.15, 0.2) is 18.9 Å². The maximum Gasteiger partial charge on any atom is 0.187 e. The average molecular weight is 901 g/mol. The van der Waals surface area contributed by atoms with Crippen LogP contribution in [0.2, 0.25) is 0 Å². The maximum absolute atomic E-state index is 12.2. The topological polar surface area (TPSA) is 267 Å². The van der Waals surface area contributed by atoms with Crippen molar-refractivity contribution in [2.24, 2.45) is 50.2 Å². The molecule has 4 aliphatic heterocycles. The van der Waals surface area contributed by atoms with Crippen LogP contribution in [0.1, 0.15) is 106 Å². The average Bonchev–Trinajstić information content (AvgIpc) is 3.49. The van der Waals surface area contributed by atoms with Gasteiger partial charge in [0.1, 0.15) is 61.0 Å². The van der Waals surface area contributed by atoms with Crippen molar-refractivity contribution in [3.05, 3.63) is 0 Å². The van der Waals surface area contributed by atoms with Gasteiger partial charge < -0.3 is 84.2 Å². The van der Waals surface area contributed by atoms with Gasteiger partial charge >= 0.3 is 0 Å².